The van der Waals surface area contributed by atoms with Gasteiger partial charge in [0, 0.05) is 32.0 Å². The zero-order valence-electron chi connectivity index (χ0n) is 17.6. The zero-order chi connectivity index (χ0) is 21.8. The fraction of sp³-hybridized carbons (Fsp3) is 0.348. The first-order chi connectivity index (χ1) is 15.0. The van der Waals surface area contributed by atoms with Crippen LogP contribution in [0.2, 0.25) is 0 Å². The van der Waals surface area contributed by atoms with Gasteiger partial charge in [-0.2, -0.15) is 4.98 Å². The number of aryl methyl sites for hydroxylation is 1. The molecule has 4 rings (SSSR count). The molecule has 1 fully saturated rings. The molecule has 8 heteroatoms. The van der Waals surface area contributed by atoms with E-state index in [0.717, 1.165) is 37.1 Å². The van der Waals surface area contributed by atoms with Crippen LogP contribution in [0, 0.1) is 18.6 Å². The lowest BCUT2D eigenvalue weighted by Crippen LogP contribution is -2.39. The number of piperidine rings is 1. The second kappa shape index (κ2) is 9.24. The van der Waals surface area contributed by atoms with Crippen LogP contribution >= 0.6 is 0 Å². The summed E-state index contributed by atoms with van der Waals surface area (Å²) in [6.45, 7) is 5.33. The van der Waals surface area contributed by atoms with Crippen molar-refractivity contribution in [2.24, 2.45) is 0 Å². The quantitative estimate of drug-likeness (QED) is 0.619. The molecule has 2 aromatic carbocycles. The molecule has 162 valence electrons. The normalized spacial score (nSPS) is 15.5. The number of benzene rings is 2. The van der Waals surface area contributed by atoms with E-state index in [1.54, 1.807) is 18.2 Å². The minimum atomic E-state index is -0.301. The SMILES string of the molecule is Cc1cc(F)ccc1[C@@H](C)Nc1ncnc(N2CCC(Oc3cccc(F)c3)CC2)n1. The molecule has 1 aliphatic rings. The average Bonchev–Trinajstić information content (AvgIpc) is 2.74. The number of nitrogens with one attached hydrogen (secondary N) is 1. The van der Waals surface area contributed by atoms with Crippen LogP contribution in [0.15, 0.2) is 48.8 Å². The van der Waals surface area contributed by atoms with E-state index in [1.807, 2.05) is 13.8 Å². The highest BCUT2D eigenvalue weighted by Gasteiger charge is 2.23. The summed E-state index contributed by atoms with van der Waals surface area (Å²) < 4.78 is 32.6. The number of anilines is 2. The van der Waals surface area contributed by atoms with Gasteiger partial charge in [-0.25, -0.2) is 18.7 Å². The summed E-state index contributed by atoms with van der Waals surface area (Å²) in [7, 11) is 0. The van der Waals surface area contributed by atoms with E-state index < -0.39 is 0 Å². The molecule has 0 saturated carbocycles. The maximum atomic E-state index is 13.4. The maximum absolute atomic E-state index is 13.4. The van der Waals surface area contributed by atoms with Gasteiger partial charge in [-0.3, -0.25) is 0 Å². The van der Waals surface area contributed by atoms with E-state index in [1.165, 1.54) is 30.6 Å². The van der Waals surface area contributed by atoms with E-state index in [4.69, 9.17) is 4.74 Å². The second-order valence-corrected chi connectivity index (χ2v) is 7.74. The summed E-state index contributed by atoms with van der Waals surface area (Å²) in [5.74, 6) is 1.07. The number of ether oxygens (including phenoxy) is 1. The number of aromatic nitrogens is 3. The highest BCUT2D eigenvalue weighted by Crippen LogP contribution is 2.24. The first-order valence-electron chi connectivity index (χ1n) is 10.4. The largest absolute Gasteiger partial charge is 0.490 e. The molecular weight excluding hydrogens is 400 g/mol. The summed E-state index contributed by atoms with van der Waals surface area (Å²) in [5.41, 5.74) is 1.85. The standard InChI is InChI=1S/C23H25F2N5O/c1-15-12-18(25)6-7-21(15)16(2)28-22-26-14-27-23(29-22)30-10-8-19(9-11-30)31-20-5-3-4-17(24)13-20/h3-7,12-14,16,19H,8-11H2,1-2H3,(H,26,27,28,29)/t16-/m1/s1. The molecule has 1 N–H and O–H groups in total. The molecule has 3 aromatic rings. The van der Waals surface area contributed by atoms with Crippen LogP contribution in [0.25, 0.3) is 0 Å². The van der Waals surface area contributed by atoms with Crippen LogP contribution in [0.4, 0.5) is 20.7 Å². The Balaban J connectivity index is 1.36. The smallest absolute Gasteiger partial charge is 0.230 e. The van der Waals surface area contributed by atoms with Crippen molar-refractivity contribution in [3.8, 4) is 5.75 Å². The molecule has 31 heavy (non-hydrogen) atoms. The van der Waals surface area contributed by atoms with Gasteiger partial charge in [0.1, 0.15) is 29.8 Å². The van der Waals surface area contributed by atoms with Crippen molar-refractivity contribution in [2.75, 3.05) is 23.3 Å². The van der Waals surface area contributed by atoms with Crippen LogP contribution in [0.3, 0.4) is 0 Å². The third kappa shape index (κ3) is 5.25. The van der Waals surface area contributed by atoms with Crippen molar-refractivity contribution < 1.29 is 13.5 Å². The first kappa shape index (κ1) is 21.0. The highest BCUT2D eigenvalue weighted by atomic mass is 19.1. The Hall–Kier alpha value is -3.29. The fourth-order valence-corrected chi connectivity index (χ4v) is 3.81. The lowest BCUT2D eigenvalue weighted by atomic mass is 10.0. The Morgan fingerprint density at radius 2 is 1.84 bits per heavy atom. The Bertz CT molecular complexity index is 1040. The minimum absolute atomic E-state index is 0.0268. The van der Waals surface area contributed by atoms with Crippen molar-refractivity contribution >= 4 is 11.9 Å². The fourth-order valence-electron chi connectivity index (χ4n) is 3.81. The number of nitrogens with zero attached hydrogens (tertiary/aromatic N) is 4. The van der Waals surface area contributed by atoms with E-state index in [-0.39, 0.29) is 23.8 Å². The summed E-state index contributed by atoms with van der Waals surface area (Å²) in [6, 6.07) is 10.9. The highest BCUT2D eigenvalue weighted by molar-refractivity contribution is 5.40. The lowest BCUT2D eigenvalue weighted by Gasteiger charge is -2.32. The predicted molar refractivity (Wildman–Crippen MR) is 115 cm³/mol. The molecule has 1 saturated heterocycles. The van der Waals surface area contributed by atoms with Gasteiger partial charge in [0.15, 0.2) is 0 Å². The summed E-state index contributed by atoms with van der Waals surface area (Å²) in [6.07, 6.45) is 3.09. The number of rotatable bonds is 6. The molecule has 1 aliphatic heterocycles. The Labute approximate surface area is 180 Å². The van der Waals surface area contributed by atoms with Gasteiger partial charge in [0.05, 0.1) is 6.04 Å². The van der Waals surface area contributed by atoms with Crippen molar-refractivity contribution in [2.45, 2.75) is 38.8 Å². The van der Waals surface area contributed by atoms with Gasteiger partial charge in [-0.05, 0) is 49.2 Å². The number of hydrogen-bond acceptors (Lipinski definition) is 6. The Morgan fingerprint density at radius 3 is 2.58 bits per heavy atom. The monoisotopic (exact) mass is 425 g/mol. The first-order valence-corrected chi connectivity index (χ1v) is 10.4. The third-order valence-corrected chi connectivity index (χ3v) is 5.43. The zero-order valence-corrected chi connectivity index (χ0v) is 17.6. The van der Waals surface area contributed by atoms with Crippen LogP contribution in [0.5, 0.6) is 5.75 Å². The summed E-state index contributed by atoms with van der Waals surface area (Å²) in [5, 5.41) is 3.27. The molecule has 6 nitrogen and oxygen atoms in total. The van der Waals surface area contributed by atoms with E-state index >= 15 is 0 Å². The molecule has 0 spiro atoms. The molecule has 0 amide bonds. The summed E-state index contributed by atoms with van der Waals surface area (Å²) >= 11 is 0. The van der Waals surface area contributed by atoms with Gasteiger partial charge in [0.25, 0.3) is 0 Å². The molecule has 0 bridgehead atoms. The Morgan fingerprint density at radius 1 is 1.06 bits per heavy atom. The van der Waals surface area contributed by atoms with Crippen LogP contribution in [0.1, 0.15) is 36.9 Å². The molecule has 2 heterocycles. The van der Waals surface area contributed by atoms with E-state index in [0.29, 0.717) is 17.6 Å². The van der Waals surface area contributed by atoms with Gasteiger partial charge < -0.3 is 15.0 Å². The van der Waals surface area contributed by atoms with Gasteiger partial charge in [-0.1, -0.05) is 12.1 Å². The van der Waals surface area contributed by atoms with Gasteiger partial charge in [0.2, 0.25) is 11.9 Å². The van der Waals surface area contributed by atoms with Crippen LogP contribution in [-0.2, 0) is 0 Å². The number of halogens is 2. The van der Waals surface area contributed by atoms with Crippen LogP contribution in [-0.4, -0.2) is 34.1 Å². The molecule has 0 radical (unpaired) electrons. The maximum Gasteiger partial charge on any atom is 0.230 e. The topological polar surface area (TPSA) is 63.2 Å². The molecule has 1 aromatic heterocycles. The van der Waals surface area contributed by atoms with Gasteiger partial charge in [-0.15, -0.1) is 0 Å². The number of hydrogen-bond donors (Lipinski definition) is 1. The second-order valence-electron chi connectivity index (χ2n) is 7.74. The predicted octanol–water partition coefficient (Wildman–Crippen LogP) is 4.68. The van der Waals surface area contributed by atoms with Crippen molar-refractivity contribution in [1.82, 2.24) is 15.0 Å². The molecule has 0 unspecified atom stereocenters. The molecular formula is C23H25F2N5O. The molecule has 0 aliphatic carbocycles. The van der Waals surface area contributed by atoms with Crippen molar-refractivity contribution in [3.05, 3.63) is 71.6 Å². The van der Waals surface area contributed by atoms with Crippen molar-refractivity contribution in [1.29, 1.82) is 0 Å². The average molecular weight is 425 g/mol. The third-order valence-electron chi connectivity index (χ3n) is 5.43. The van der Waals surface area contributed by atoms with E-state index in [2.05, 4.69) is 25.2 Å². The van der Waals surface area contributed by atoms with Crippen molar-refractivity contribution in [3.63, 3.8) is 0 Å². The minimum Gasteiger partial charge on any atom is -0.490 e. The molecule has 1 atom stereocenters. The lowest BCUT2D eigenvalue weighted by molar-refractivity contribution is 0.170. The van der Waals surface area contributed by atoms with Crippen LogP contribution < -0.4 is 15.0 Å². The van der Waals surface area contributed by atoms with E-state index in [9.17, 15) is 8.78 Å². The Kier molecular flexibility index (Phi) is 6.25. The van der Waals surface area contributed by atoms with Gasteiger partial charge >= 0.3 is 0 Å². The summed E-state index contributed by atoms with van der Waals surface area (Å²) in [4.78, 5) is 15.2.